The highest BCUT2D eigenvalue weighted by Gasteiger charge is 2.29. The predicted molar refractivity (Wildman–Crippen MR) is 93.6 cm³/mol. The van der Waals surface area contributed by atoms with Crippen LogP contribution >= 0.6 is 0 Å². The van der Waals surface area contributed by atoms with E-state index in [4.69, 9.17) is 8.94 Å². The minimum atomic E-state index is -0.0570. The first-order valence-electron chi connectivity index (χ1n) is 8.72. The molecular formula is C19H20N4O3. The Hall–Kier alpha value is -2.96. The fourth-order valence-corrected chi connectivity index (χ4v) is 3.39. The molecule has 0 aliphatic carbocycles. The van der Waals surface area contributed by atoms with E-state index < -0.39 is 0 Å². The van der Waals surface area contributed by atoms with Gasteiger partial charge in [-0.2, -0.15) is 0 Å². The number of hydrogen-bond donors (Lipinski definition) is 0. The summed E-state index contributed by atoms with van der Waals surface area (Å²) in [7, 11) is 0. The maximum atomic E-state index is 12.4. The molecule has 0 N–H and O–H groups in total. The molecule has 26 heavy (non-hydrogen) atoms. The molecule has 3 aromatic heterocycles. The van der Waals surface area contributed by atoms with Gasteiger partial charge in [0.2, 0.25) is 0 Å². The van der Waals surface area contributed by atoms with Crippen molar-refractivity contribution in [2.45, 2.75) is 32.6 Å². The van der Waals surface area contributed by atoms with Gasteiger partial charge >= 0.3 is 0 Å². The van der Waals surface area contributed by atoms with Crippen LogP contribution in [0.1, 0.15) is 46.5 Å². The molecule has 1 amide bonds. The molecule has 0 saturated carbocycles. The van der Waals surface area contributed by atoms with E-state index in [0.29, 0.717) is 24.6 Å². The first-order valence-corrected chi connectivity index (χ1v) is 8.72. The van der Waals surface area contributed by atoms with Gasteiger partial charge in [0.1, 0.15) is 5.82 Å². The Bertz CT molecular complexity index is 909. The summed E-state index contributed by atoms with van der Waals surface area (Å²) in [6, 6.07) is 5.33. The summed E-state index contributed by atoms with van der Waals surface area (Å²) in [5.41, 5.74) is 2.68. The number of piperidine rings is 1. The maximum absolute atomic E-state index is 12.4. The highest BCUT2D eigenvalue weighted by atomic mass is 16.5. The van der Waals surface area contributed by atoms with E-state index in [1.165, 1.54) is 6.26 Å². The van der Waals surface area contributed by atoms with Gasteiger partial charge in [0.15, 0.2) is 11.5 Å². The topological polar surface area (TPSA) is 85.3 Å². The number of amides is 1. The van der Waals surface area contributed by atoms with E-state index in [-0.39, 0.29) is 11.8 Å². The molecule has 134 valence electrons. The molecular weight excluding hydrogens is 332 g/mol. The molecule has 0 radical (unpaired) electrons. The highest BCUT2D eigenvalue weighted by molar-refractivity contribution is 5.91. The summed E-state index contributed by atoms with van der Waals surface area (Å²) in [5, 5.41) is 3.97. The Morgan fingerprint density at radius 2 is 2.08 bits per heavy atom. The van der Waals surface area contributed by atoms with E-state index >= 15 is 0 Å². The molecule has 0 atom stereocenters. The van der Waals surface area contributed by atoms with Crippen molar-refractivity contribution in [3.63, 3.8) is 0 Å². The van der Waals surface area contributed by atoms with Crippen LogP contribution in [0.3, 0.4) is 0 Å². The molecule has 0 bridgehead atoms. The van der Waals surface area contributed by atoms with Gasteiger partial charge in [-0.3, -0.25) is 4.79 Å². The van der Waals surface area contributed by atoms with Crippen LogP contribution in [0.15, 0.2) is 39.6 Å². The van der Waals surface area contributed by atoms with Crippen LogP contribution in [0.5, 0.6) is 0 Å². The third-order valence-corrected chi connectivity index (χ3v) is 4.73. The van der Waals surface area contributed by atoms with E-state index in [1.54, 1.807) is 18.3 Å². The average molecular weight is 352 g/mol. The lowest BCUT2D eigenvalue weighted by molar-refractivity contribution is 0.0680. The summed E-state index contributed by atoms with van der Waals surface area (Å²) in [5.74, 6) is 2.00. The van der Waals surface area contributed by atoms with Gasteiger partial charge in [0.05, 0.1) is 23.2 Å². The molecule has 1 saturated heterocycles. The number of likely N-dealkylation sites (tertiary alicyclic amines) is 1. The minimum absolute atomic E-state index is 0.0570. The van der Waals surface area contributed by atoms with E-state index in [0.717, 1.165) is 35.6 Å². The van der Waals surface area contributed by atoms with Gasteiger partial charge in [-0.15, -0.1) is 0 Å². The third kappa shape index (κ3) is 3.12. The predicted octanol–water partition coefficient (Wildman–Crippen LogP) is 3.36. The smallest absolute Gasteiger partial charge is 0.289 e. The van der Waals surface area contributed by atoms with Crippen molar-refractivity contribution in [3.05, 3.63) is 53.6 Å². The van der Waals surface area contributed by atoms with Crippen molar-refractivity contribution in [1.29, 1.82) is 0 Å². The van der Waals surface area contributed by atoms with Crippen LogP contribution in [-0.2, 0) is 0 Å². The molecule has 1 fully saturated rings. The van der Waals surface area contributed by atoms with Gasteiger partial charge in [-0.25, -0.2) is 9.97 Å². The zero-order valence-corrected chi connectivity index (χ0v) is 14.8. The van der Waals surface area contributed by atoms with Crippen LogP contribution in [-0.4, -0.2) is 39.0 Å². The van der Waals surface area contributed by atoms with Crippen molar-refractivity contribution in [2.24, 2.45) is 0 Å². The molecule has 0 spiro atoms. The Kier molecular flexibility index (Phi) is 4.28. The van der Waals surface area contributed by atoms with Crippen LogP contribution in [0.25, 0.3) is 11.3 Å². The van der Waals surface area contributed by atoms with Gasteiger partial charge in [0, 0.05) is 31.3 Å². The quantitative estimate of drug-likeness (QED) is 0.718. The monoisotopic (exact) mass is 352 g/mol. The molecule has 7 nitrogen and oxygen atoms in total. The molecule has 3 aromatic rings. The molecule has 1 aliphatic heterocycles. The molecule has 0 aromatic carbocycles. The summed E-state index contributed by atoms with van der Waals surface area (Å²) in [6.45, 7) is 5.11. The fraction of sp³-hybridized carbons (Fsp3) is 0.368. The Morgan fingerprint density at radius 3 is 2.73 bits per heavy atom. The third-order valence-electron chi connectivity index (χ3n) is 4.73. The first-order chi connectivity index (χ1) is 12.6. The second kappa shape index (κ2) is 6.74. The van der Waals surface area contributed by atoms with Gasteiger partial charge in [-0.1, -0.05) is 5.16 Å². The SMILES string of the molecule is Cc1cc(-c2cnc(C)nc2C2CCN(C(=O)c3ccco3)CC2)on1. The summed E-state index contributed by atoms with van der Waals surface area (Å²) >= 11 is 0. The Morgan fingerprint density at radius 1 is 1.27 bits per heavy atom. The molecule has 1 aliphatic rings. The van der Waals surface area contributed by atoms with Crippen LogP contribution in [0, 0.1) is 13.8 Å². The minimum Gasteiger partial charge on any atom is -0.459 e. The lowest BCUT2D eigenvalue weighted by Crippen LogP contribution is -2.38. The summed E-state index contributed by atoms with van der Waals surface area (Å²) in [6.07, 6.45) is 5.00. The first kappa shape index (κ1) is 16.5. The van der Waals surface area contributed by atoms with Gasteiger partial charge < -0.3 is 13.8 Å². The molecule has 4 heterocycles. The van der Waals surface area contributed by atoms with Crippen LogP contribution in [0.2, 0.25) is 0 Å². The zero-order valence-electron chi connectivity index (χ0n) is 14.8. The molecule has 7 heteroatoms. The van der Waals surface area contributed by atoms with Gasteiger partial charge in [0.25, 0.3) is 5.91 Å². The van der Waals surface area contributed by atoms with Crippen LogP contribution < -0.4 is 0 Å². The average Bonchev–Trinajstić information content (AvgIpc) is 3.33. The number of hydrogen-bond acceptors (Lipinski definition) is 6. The lowest BCUT2D eigenvalue weighted by atomic mass is 9.90. The lowest BCUT2D eigenvalue weighted by Gasteiger charge is -2.31. The van der Waals surface area contributed by atoms with Crippen molar-refractivity contribution in [3.8, 4) is 11.3 Å². The Labute approximate surface area is 151 Å². The van der Waals surface area contributed by atoms with Gasteiger partial charge in [-0.05, 0) is 38.8 Å². The number of aromatic nitrogens is 3. The van der Waals surface area contributed by atoms with Crippen molar-refractivity contribution in [2.75, 3.05) is 13.1 Å². The maximum Gasteiger partial charge on any atom is 0.289 e. The molecule has 4 rings (SSSR count). The number of carbonyl (C=O) groups is 1. The second-order valence-electron chi connectivity index (χ2n) is 6.59. The van der Waals surface area contributed by atoms with E-state index in [2.05, 4.69) is 15.1 Å². The fourth-order valence-electron chi connectivity index (χ4n) is 3.39. The number of rotatable bonds is 3. The van der Waals surface area contributed by atoms with Crippen LogP contribution in [0.4, 0.5) is 0 Å². The van der Waals surface area contributed by atoms with Crippen molar-refractivity contribution < 1.29 is 13.7 Å². The van der Waals surface area contributed by atoms with Crippen molar-refractivity contribution in [1.82, 2.24) is 20.0 Å². The normalized spacial score (nSPS) is 15.4. The van der Waals surface area contributed by atoms with E-state index in [1.807, 2.05) is 24.8 Å². The number of nitrogens with zero attached hydrogens (tertiary/aromatic N) is 4. The number of aryl methyl sites for hydroxylation is 2. The largest absolute Gasteiger partial charge is 0.459 e. The second-order valence-corrected chi connectivity index (χ2v) is 6.59. The molecule has 0 unspecified atom stereocenters. The number of carbonyl (C=O) groups excluding carboxylic acids is 1. The van der Waals surface area contributed by atoms with Crippen molar-refractivity contribution >= 4 is 5.91 Å². The highest BCUT2D eigenvalue weighted by Crippen LogP contribution is 2.34. The zero-order chi connectivity index (χ0) is 18.1. The Balaban J connectivity index is 1.54. The summed E-state index contributed by atoms with van der Waals surface area (Å²) in [4.78, 5) is 23.3. The standard InChI is InChI=1S/C19H20N4O3/c1-12-10-17(26-22-12)15-11-20-13(2)21-18(15)14-5-7-23(8-6-14)19(24)16-4-3-9-25-16/h3-4,9-11,14H,5-8H2,1-2H3. The summed E-state index contributed by atoms with van der Waals surface area (Å²) < 4.78 is 10.6. The van der Waals surface area contributed by atoms with E-state index in [9.17, 15) is 4.79 Å². The number of furan rings is 1.